The number of ether oxygens (including phenoxy) is 1. The van der Waals surface area contributed by atoms with Crippen molar-refractivity contribution in [3.05, 3.63) is 0 Å². The van der Waals surface area contributed by atoms with Crippen LogP contribution in [0.5, 0.6) is 0 Å². The van der Waals surface area contributed by atoms with Gasteiger partial charge in [-0.2, -0.15) is 0 Å². The van der Waals surface area contributed by atoms with E-state index < -0.39 is 0 Å². The van der Waals surface area contributed by atoms with E-state index in [2.05, 4.69) is 27.7 Å². The Morgan fingerprint density at radius 1 is 1.00 bits per heavy atom. The van der Waals surface area contributed by atoms with Crippen LogP contribution in [0.25, 0.3) is 0 Å². The van der Waals surface area contributed by atoms with E-state index in [1.54, 1.807) is 0 Å². The van der Waals surface area contributed by atoms with Gasteiger partial charge in [0, 0.05) is 0 Å². The zero-order valence-corrected chi connectivity index (χ0v) is 11.0. The Bertz CT molecular complexity index is 356. The average Bonchev–Trinajstić information content (AvgIpc) is 2.67. The fourth-order valence-electron chi connectivity index (χ4n) is 6.21. The molecule has 0 aromatic carbocycles. The molecule has 1 nitrogen and oxygen atoms in total. The minimum Gasteiger partial charge on any atom is -0.366 e. The summed E-state index contributed by atoms with van der Waals surface area (Å²) in [5.74, 6) is 2.75. The van der Waals surface area contributed by atoms with Crippen LogP contribution in [0.1, 0.15) is 53.4 Å². The van der Waals surface area contributed by atoms with Gasteiger partial charge in [0.25, 0.3) is 0 Å². The van der Waals surface area contributed by atoms with Crippen LogP contribution in [0.3, 0.4) is 0 Å². The van der Waals surface area contributed by atoms with Crippen LogP contribution >= 0.6 is 0 Å². The van der Waals surface area contributed by atoms with E-state index >= 15 is 0 Å². The second kappa shape index (κ2) is 2.39. The SMILES string of the molecule is C[C@@H]1CC[C@@H]2C(C)(C)[C@H]3C[C@@]12C[C@@H]1O[C@]13C. The normalized spacial score (nSPS) is 65.2. The van der Waals surface area contributed by atoms with Gasteiger partial charge in [0.15, 0.2) is 0 Å². The molecule has 1 heterocycles. The summed E-state index contributed by atoms with van der Waals surface area (Å²) < 4.78 is 6.09. The highest BCUT2D eigenvalue weighted by molar-refractivity contribution is 5.24. The molecule has 1 saturated heterocycles. The lowest BCUT2D eigenvalue weighted by Crippen LogP contribution is -2.36. The first-order valence-electron chi connectivity index (χ1n) is 7.09. The molecule has 0 aromatic heterocycles. The van der Waals surface area contributed by atoms with Gasteiger partial charge in [-0.25, -0.2) is 0 Å². The van der Waals surface area contributed by atoms with Gasteiger partial charge in [0.1, 0.15) is 0 Å². The first-order chi connectivity index (χ1) is 7.41. The Hall–Kier alpha value is -0.0400. The minimum absolute atomic E-state index is 0.263. The standard InChI is InChI=1S/C15H24O/c1-9-5-6-10-13(2,3)11-7-15(9,10)8-12-14(11,4)16-12/h9-12H,5-8H2,1-4H3/t9-,10-,11-,12+,14+,15-/m1/s1. The van der Waals surface area contributed by atoms with Crippen molar-refractivity contribution in [3.63, 3.8) is 0 Å². The highest BCUT2D eigenvalue weighted by Gasteiger charge is 2.76. The molecule has 6 atom stereocenters. The summed E-state index contributed by atoms with van der Waals surface area (Å²) in [4.78, 5) is 0. The summed E-state index contributed by atoms with van der Waals surface area (Å²) in [6.07, 6.45) is 6.38. The molecule has 3 aliphatic carbocycles. The van der Waals surface area contributed by atoms with Crippen molar-refractivity contribution in [2.75, 3.05) is 0 Å². The summed E-state index contributed by atoms with van der Waals surface area (Å²) >= 11 is 0. The molecule has 0 N–H and O–H groups in total. The molecular formula is C15H24O. The van der Waals surface area contributed by atoms with Gasteiger partial charge >= 0.3 is 0 Å². The third-order valence-electron chi connectivity index (χ3n) is 7.18. The lowest BCUT2D eigenvalue weighted by molar-refractivity contribution is 0.0866. The summed E-state index contributed by atoms with van der Waals surface area (Å²) in [6, 6.07) is 0. The average molecular weight is 220 g/mol. The monoisotopic (exact) mass is 220 g/mol. The lowest BCUT2D eigenvalue weighted by Gasteiger charge is -2.37. The molecule has 90 valence electrons. The number of fused-ring (bicyclic) bond motifs is 3. The minimum atomic E-state index is 0.263. The Morgan fingerprint density at radius 3 is 2.50 bits per heavy atom. The number of rotatable bonds is 0. The predicted octanol–water partition coefficient (Wildman–Crippen LogP) is 3.63. The second-order valence-electron chi connectivity index (χ2n) is 7.84. The molecule has 1 spiro atoms. The fourth-order valence-corrected chi connectivity index (χ4v) is 6.21. The van der Waals surface area contributed by atoms with Crippen molar-refractivity contribution < 1.29 is 4.74 Å². The van der Waals surface area contributed by atoms with Crippen LogP contribution < -0.4 is 0 Å². The van der Waals surface area contributed by atoms with Gasteiger partial charge in [-0.05, 0) is 61.2 Å². The molecule has 0 radical (unpaired) electrons. The van der Waals surface area contributed by atoms with Crippen LogP contribution in [-0.2, 0) is 4.74 Å². The maximum Gasteiger partial charge on any atom is 0.0954 e. The zero-order valence-electron chi connectivity index (χ0n) is 11.0. The van der Waals surface area contributed by atoms with Gasteiger partial charge in [0.05, 0.1) is 11.7 Å². The molecule has 0 amide bonds. The third kappa shape index (κ3) is 0.805. The maximum absolute atomic E-state index is 6.09. The van der Waals surface area contributed by atoms with Crippen molar-refractivity contribution in [2.24, 2.45) is 28.6 Å². The van der Waals surface area contributed by atoms with E-state index in [1.807, 2.05) is 0 Å². The van der Waals surface area contributed by atoms with E-state index in [1.165, 1.54) is 25.7 Å². The Morgan fingerprint density at radius 2 is 1.75 bits per heavy atom. The molecule has 16 heavy (non-hydrogen) atoms. The van der Waals surface area contributed by atoms with Crippen molar-refractivity contribution in [1.29, 1.82) is 0 Å². The summed E-state index contributed by atoms with van der Waals surface area (Å²) in [5, 5.41) is 0. The van der Waals surface area contributed by atoms with Crippen LogP contribution in [0.4, 0.5) is 0 Å². The second-order valence-corrected chi connectivity index (χ2v) is 7.84. The molecule has 4 fully saturated rings. The fraction of sp³-hybridized carbons (Fsp3) is 1.00. The number of hydrogen-bond donors (Lipinski definition) is 0. The molecule has 4 aliphatic rings. The predicted molar refractivity (Wildman–Crippen MR) is 64.1 cm³/mol. The highest BCUT2D eigenvalue weighted by atomic mass is 16.6. The summed E-state index contributed by atoms with van der Waals surface area (Å²) in [7, 11) is 0. The Kier molecular flexibility index (Phi) is 1.48. The molecule has 1 aliphatic heterocycles. The molecule has 1 heteroatoms. The van der Waals surface area contributed by atoms with Crippen LogP contribution in [0, 0.1) is 28.6 Å². The first-order valence-corrected chi connectivity index (χ1v) is 7.09. The zero-order chi connectivity index (χ0) is 11.3. The largest absolute Gasteiger partial charge is 0.366 e. The lowest BCUT2D eigenvalue weighted by atomic mass is 9.66. The van der Waals surface area contributed by atoms with Gasteiger partial charge in [-0.3, -0.25) is 0 Å². The van der Waals surface area contributed by atoms with E-state index in [4.69, 9.17) is 4.74 Å². The van der Waals surface area contributed by atoms with Gasteiger partial charge in [0.2, 0.25) is 0 Å². The smallest absolute Gasteiger partial charge is 0.0954 e. The molecular weight excluding hydrogens is 196 g/mol. The van der Waals surface area contributed by atoms with Crippen molar-refractivity contribution in [3.8, 4) is 0 Å². The van der Waals surface area contributed by atoms with Gasteiger partial charge in [-0.1, -0.05) is 20.8 Å². The molecule has 2 bridgehead atoms. The van der Waals surface area contributed by atoms with Crippen LogP contribution in [0.15, 0.2) is 0 Å². The highest BCUT2D eigenvalue weighted by Crippen LogP contribution is 2.77. The Balaban J connectivity index is 1.85. The van der Waals surface area contributed by atoms with E-state index in [0.29, 0.717) is 16.9 Å². The maximum atomic E-state index is 6.09. The van der Waals surface area contributed by atoms with E-state index in [0.717, 1.165) is 17.8 Å². The van der Waals surface area contributed by atoms with Crippen molar-refractivity contribution in [1.82, 2.24) is 0 Å². The summed E-state index contributed by atoms with van der Waals surface area (Å²) in [6.45, 7) is 9.93. The third-order valence-corrected chi connectivity index (χ3v) is 7.18. The summed E-state index contributed by atoms with van der Waals surface area (Å²) in [5.41, 5.74) is 1.44. The van der Waals surface area contributed by atoms with Crippen molar-refractivity contribution in [2.45, 2.75) is 65.1 Å². The van der Waals surface area contributed by atoms with E-state index in [-0.39, 0.29) is 5.60 Å². The van der Waals surface area contributed by atoms with Gasteiger partial charge in [-0.15, -0.1) is 0 Å². The molecule has 0 unspecified atom stereocenters. The molecule has 3 saturated carbocycles. The number of epoxide rings is 1. The first kappa shape index (κ1) is 9.94. The van der Waals surface area contributed by atoms with Crippen molar-refractivity contribution >= 4 is 0 Å². The van der Waals surface area contributed by atoms with E-state index in [9.17, 15) is 0 Å². The van der Waals surface area contributed by atoms with Crippen LogP contribution in [-0.4, -0.2) is 11.7 Å². The number of hydrogen-bond acceptors (Lipinski definition) is 1. The molecule has 0 aromatic rings. The Labute approximate surface area is 98.9 Å². The topological polar surface area (TPSA) is 12.5 Å². The van der Waals surface area contributed by atoms with Crippen LogP contribution in [0.2, 0.25) is 0 Å². The quantitative estimate of drug-likeness (QED) is 0.568. The van der Waals surface area contributed by atoms with Gasteiger partial charge < -0.3 is 4.74 Å². The molecule has 4 rings (SSSR count).